The Morgan fingerprint density at radius 3 is 2.76 bits per heavy atom. The van der Waals surface area contributed by atoms with Crippen molar-refractivity contribution >= 4 is 33.3 Å². The lowest BCUT2D eigenvalue weighted by Crippen LogP contribution is -2.03. The van der Waals surface area contributed by atoms with Gasteiger partial charge in [0.2, 0.25) is 0 Å². The molecule has 0 aliphatic rings. The number of aryl methyl sites for hydroxylation is 1. The molecule has 0 saturated carbocycles. The molecule has 6 nitrogen and oxygen atoms in total. The van der Waals surface area contributed by atoms with Crippen molar-refractivity contribution in [2.75, 3.05) is 12.8 Å². The van der Waals surface area contributed by atoms with Gasteiger partial charge in [0.15, 0.2) is 0 Å². The van der Waals surface area contributed by atoms with Crippen LogP contribution in [0.15, 0.2) is 16.6 Å². The molecule has 0 aromatic heterocycles. The number of halogens is 1. The minimum absolute atomic E-state index is 0.0804. The summed E-state index contributed by atoms with van der Waals surface area (Å²) in [6.07, 6.45) is 0.538. The van der Waals surface area contributed by atoms with Crippen molar-refractivity contribution in [3.8, 4) is 0 Å². The van der Waals surface area contributed by atoms with E-state index in [4.69, 9.17) is 5.73 Å². The van der Waals surface area contributed by atoms with E-state index in [2.05, 4.69) is 20.7 Å². The number of rotatable bonds is 4. The Labute approximate surface area is 106 Å². The highest BCUT2D eigenvalue weighted by Gasteiger charge is 2.16. The number of nitro groups is 1. The first kappa shape index (κ1) is 13.4. The van der Waals surface area contributed by atoms with E-state index in [1.807, 2.05) is 0 Å². The first-order valence-electron chi connectivity index (χ1n) is 4.74. The predicted octanol–water partition coefficient (Wildman–Crippen LogP) is 2.05. The van der Waals surface area contributed by atoms with Crippen molar-refractivity contribution in [1.29, 1.82) is 0 Å². The molecule has 0 atom stereocenters. The highest BCUT2D eigenvalue weighted by molar-refractivity contribution is 9.10. The van der Waals surface area contributed by atoms with Crippen LogP contribution in [0.2, 0.25) is 0 Å². The summed E-state index contributed by atoms with van der Waals surface area (Å²) in [4.78, 5) is 21.1. The van der Waals surface area contributed by atoms with Gasteiger partial charge in [0.25, 0.3) is 5.69 Å². The van der Waals surface area contributed by atoms with Crippen molar-refractivity contribution in [3.63, 3.8) is 0 Å². The van der Waals surface area contributed by atoms with E-state index in [1.165, 1.54) is 13.2 Å². The predicted molar refractivity (Wildman–Crippen MR) is 65.5 cm³/mol. The molecule has 0 bridgehead atoms. The van der Waals surface area contributed by atoms with Gasteiger partial charge in [0.1, 0.15) is 5.69 Å². The molecule has 7 heteroatoms. The molecule has 92 valence electrons. The van der Waals surface area contributed by atoms with Crippen LogP contribution < -0.4 is 5.73 Å². The maximum absolute atomic E-state index is 11.0. The van der Waals surface area contributed by atoms with Gasteiger partial charge in [-0.1, -0.05) is 0 Å². The third-order valence-corrected chi connectivity index (χ3v) is 2.87. The van der Waals surface area contributed by atoms with Crippen LogP contribution in [0.25, 0.3) is 0 Å². The van der Waals surface area contributed by atoms with Gasteiger partial charge in [0, 0.05) is 17.0 Å². The average Bonchev–Trinajstić information content (AvgIpc) is 2.29. The minimum atomic E-state index is -0.554. The first-order valence-corrected chi connectivity index (χ1v) is 5.54. The van der Waals surface area contributed by atoms with E-state index in [0.717, 1.165) is 0 Å². The Balaban J connectivity index is 2.95. The summed E-state index contributed by atoms with van der Waals surface area (Å²) in [5, 5.41) is 10.7. The van der Waals surface area contributed by atoms with Crippen molar-refractivity contribution in [1.82, 2.24) is 0 Å². The van der Waals surface area contributed by atoms with Crippen LogP contribution in [-0.4, -0.2) is 18.0 Å². The first-order chi connectivity index (χ1) is 7.95. The Kier molecular flexibility index (Phi) is 4.45. The number of carbonyl (C=O) groups excluding carboxylic acids is 1. The fraction of sp³-hybridized carbons (Fsp3) is 0.300. The van der Waals surface area contributed by atoms with Gasteiger partial charge in [0.05, 0.1) is 12.0 Å². The summed E-state index contributed by atoms with van der Waals surface area (Å²) >= 11 is 3.14. The summed E-state index contributed by atoms with van der Waals surface area (Å²) in [7, 11) is 1.30. The number of nitrogens with two attached hydrogens (primary N) is 1. The zero-order chi connectivity index (χ0) is 13.0. The van der Waals surface area contributed by atoms with E-state index >= 15 is 0 Å². The Hall–Kier alpha value is -1.63. The van der Waals surface area contributed by atoms with Crippen LogP contribution in [0.4, 0.5) is 11.4 Å². The number of benzene rings is 1. The van der Waals surface area contributed by atoms with Gasteiger partial charge in [-0.3, -0.25) is 14.9 Å². The van der Waals surface area contributed by atoms with E-state index in [9.17, 15) is 14.9 Å². The number of anilines is 1. The van der Waals surface area contributed by atoms with Crippen LogP contribution in [-0.2, 0) is 16.0 Å². The molecule has 1 aromatic rings. The lowest BCUT2D eigenvalue weighted by atomic mass is 10.1. The third kappa shape index (κ3) is 3.42. The molecule has 2 N–H and O–H groups in total. The maximum atomic E-state index is 11.0. The van der Waals surface area contributed by atoms with E-state index in [-0.39, 0.29) is 23.8 Å². The summed E-state index contributed by atoms with van der Waals surface area (Å²) < 4.78 is 4.94. The molecule has 0 aliphatic heterocycles. The molecule has 0 radical (unpaired) electrons. The van der Waals surface area contributed by atoms with Crippen LogP contribution >= 0.6 is 15.9 Å². The smallest absolute Gasteiger partial charge is 0.305 e. The number of hydrogen-bond donors (Lipinski definition) is 1. The summed E-state index contributed by atoms with van der Waals surface area (Å²) in [5.41, 5.74) is 6.12. The van der Waals surface area contributed by atoms with Gasteiger partial charge < -0.3 is 10.5 Å². The zero-order valence-electron chi connectivity index (χ0n) is 9.10. The molecule has 0 saturated heterocycles. The highest BCUT2D eigenvalue weighted by Crippen LogP contribution is 2.31. The average molecular weight is 303 g/mol. The lowest BCUT2D eigenvalue weighted by molar-refractivity contribution is -0.384. The Morgan fingerprint density at radius 1 is 1.59 bits per heavy atom. The zero-order valence-corrected chi connectivity index (χ0v) is 10.7. The molecular formula is C10H11BrN2O4. The van der Waals surface area contributed by atoms with E-state index in [1.54, 1.807) is 6.07 Å². The van der Waals surface area contributed by atoms with Gasteiger partial charge in [-0.05, 0) is 34.0 Å². The normalized spacial score (nSPS) is 10.0. The number of methoxy groups -OCH3 is 1. The number of carbonyl (C=O) groups is 1. The topological polar surface area (TPSA) is 95.5 Å². The largest absolute Gasteiger partial charge is 0.469 e. The van der Waals surface area contributed by atoms with Crippen molar-refractivity contribution in [2.45, 2.75) is 12.8 Å². The molecule has 0 heterocycles. The van der Waals surface area contributed by atoms with Gasteiger partial charge in [-0.15, -0.1) is 0 Å². The Morgan fingerprint density at radius 2 is 2.24 bits per heavy atom. The van der Waals surface area contributed by atoms with Crippen LogP contribution in [0.3, 0.4) is 0 Å². The third-order valence-electron chi connectivity index (χ3n) is 2.21. The van der Waals surface area contributed by atoms with Crippen molar-refractivity contribution in [3.05, 3.63) is 32.3 Å². The molecular weight excluding hydrogens is 292 g/mol. The monoisotopic (exact) mass is 302 g/mol. The second-order valence-corrected chi connectivity index (χ2v) is 4.20. The standard InChI is InChI=1S/C10H11BrN2O4/c1-17-9(14)3-2-6-4-7(11)10(12)8(5-6)13(15)16/h4-5H,2-3,12H2,1H3. The maximum Gasteiger partial charge on any atom is 0.305 e. The molecule has 17 heavy (non-hydrogen) atoms. The molecule has 0 spiro atoms. The van der Waals surface area contributed by atoms with Crippen LogP contribution in [0, 0.1) is 10.1 Å². The minimum Gasteiger partial charge on any atom is -0.469 e. The van der Waals surface area contributed by atoms with E-state index < -0.39 is 4.92 Å². The summed E-state index contributed by atoms with van der Waals surface area (Å²) in [6.45, 7) is 0. The molecule has 0 fully saturated rings. The van der Waals surface area contributed by atoms with Crippen molar-refractivity contribution < 1.29 is 14.5 Å². The number of nitrogen functional groups attached to an aromatic ring is 1. The summed E-state index contributed by atoms with van der Waals surface area (Å²) in [5.74, 6) is -0.361. The highest BCUT2D eigenvalue weighted by atomic mass is 79.9. The van der Waals surface area contributed by atoms with Crippen LogP contribution in [0.1, 0.15) is 12.0 Å². The SMILES string of the molecule is COC(=O)CCc1cc(Br)c(N)c([N+](=O)[O-])c1. The number of nitrogens with zero attached hydrogens (tertiary/aromatic N) is 1. The number of esters is 1. The molecule has 0 unspecified atom stereocenters. The van der Waals surface area contributed by atoms with Gasteiger partial charge in [-0.2, -0.15) is 0 Å². The fourth-order valence-electron chi connectivity index (χ4n) is 1.30. The molecule has 0 amide bonds. The van der Waals surface area contributed by atoms with Crippen molar-refractivity contribution in [2.24, 2.45) is 0 Å². The fourth-order valence-corrected chi connectivity index (χ4v) is 1.80. The Bertz CT molecular complexity index is 462. The lowest BCUT2D eigenvalue weighted by Gasteiger charge is -2.05. The molecule has 0 aliphatic carbocycles. The molecule has 1 aromatic carbocycles. The van der Waals surface area contributed by atoms with E-state index in [0.29, 0.717) is 16.5 Å². The van der Waals surface area contributed by atoms with Gasteiger partial charge in [-0.25, -0.2) is 0 Å². The number of ether oxygens (including phenoxy) is 1. The molecule has 1 rings (SSSR count). The second-order valence-electron chi connectivity index (χ2n) is 3.34. The summed E-state index contributed by atoms with van der Waals surface area (Å²) in [6, 6.07) is 3.02. The second kappa shape index (κ2) is 5.62. The number of hydrogen-bond acceptors (Lipinski definition) is 5. The quantitative estimate of drug-likeness (QED) is 0.397. The van der Waals surface area contributed by atoms with Gasteiger partial charge >= 0.3 is 5.97 Å². The number of nitro benzene ring substituents is 1. The van der Waals surface area contributed by atoms with Crippen LogP contribution in [0.5, 0.6) is 0 Å².